The average molecular weight is 578 g/mol. The number of nitrogens with zero attached hydrogens (tertiary/aromatic N) is 2. The van der Waals surface area contributed by atoms with Crippen molar-refractivity contribution in [1.29, 1.82) is 0 Å². The lowest BCUT2D eigenvalue weighted by Crippen LogP contribution is -2.19. The third-order valence-corrected chi connectivity index (χ3v) is 7.14. The summed E-state index contributed by atoms with van der Waals surface area (Å²) in [5, 5.41) is 10.5. The van der Waals surface area contributed by atoms with E-state index in [4.69, 9.17) is 4.74 Å². The number of rotatable bonds is 6. The Morgan fingerprint density at radius 1 is 0.971 bits per heavy atom. The minimum Gasteiger partial charge on any atom is -0.437 e. The Kier molecular flexibility index (Phi) is 7.03. The van der Waals surface area contributed by atoms with Crippen molar-refractivity contribution in [1.82, 2.24) is 9.78 Å². The van der Waals surface area contributed by atoms with Gasteiger partial charge >= 0.3 is 6.03 Å². The van der Waals surface area contributed by atoms with Gasteiger partial charge in [0, 0.05) is 15.3 Å². The van der Waals surface area contributed by atoms with Gasteiger partial charge in [-0.2, -0.15) is 9.78 Å². The number of carbonyl (C=O) groups excluding carboxylic acids is 1. The van der Waals surface area contributed by atoms with Gasteiger partial charge in [-0.05, 0) is 90.2 Å². The van der Waals surface area contributed by atoms with Crippen molar-refractivity contribution in [2.24, 2.45) is 0 Å². The van der Waals surface area contributed by atoms with Gasteiger partial charge in [0.15, 0.2) is 5.75 Å². The Balaban J connectivity index is 1.30. The molecule has 1 saturated carbocycles. The van der Waals surface area contributed by atoms with E-state index in [9.17, 15) is 4.79 Å². The monoisotopic (exact) mass is 578 g/mol. The van der Waals surface area contributed by atoms with Gasteiger partial charge in [0.2, 0.25) is 5.88 Å². The standard InChI is InChI=1S/C28H27IN4O2/c1-19-18-27(33(32-19)25-12-6-4-10-23(25)29)35-26-13-7-5-11-24(26)31-28(34)30-22-16-14-21(15-17-22)20-8-2-3-9-20/h4-7,10-18,20H,2-3,8-9H2,1H3,(H2,30,31,34). The topological polar surface area (TPSA) is 68.2 Å². The number of carbonyl (C=O) groups is 1. The fourth-order valence-electron chi connectivity index (χ4n) is 4.50. The maximum Gasteiger partial charge on any atom is 0.323 e. The van der Waals surface area contributed by atoms with Gasteiger partial charge in [0.05, 0.1) is 17.1 Å². The van der Waals surface area contributed by atoms with E-state index in [0.717, 1.165) is 20.6 Å². The smallest absolute Gasteiger partial charge is 0.323 e. The Bertz CT molecular complexity index is 1330. The summed E-state index contributed by atoms with van der Waals surface area (Å²) in [5.41, 5.74) is 4.45. The first kappa shape index (κ1) is 23.4. The summed E-state index contributed by atoms with van der Waals surface area (Å²) >= 11 is 2.29. The first-order chi connectivity index (χ1) is 17.1. The molecule has 1 fully saturated rings. The summed E-state index contributed by atoms with van der Waals surface area (Å²) in [7, 11) is 0. The number of hydrogen-bond acceptors (Lipinski definition) is 3. The molecule has 1 aliphatic rings. The van der Waals surface area contributed by atoms with E-state index in [2.05, 4.69) is 50.5 Å². The third kappa shape index (κ3) is 5.51. The van der Waals surface area contributed by atoms with Crippen LogP contribution in [-0.2, 0) is 0 Å². The molecule has 1 aliphatic carbocycles. The SMILES string of the molecule is Cc1cc(Oc2ccccc2NC(=O)Nc2ccc(C3CCCC3)cc2)n(-c2ccccc2I)n1. The van der Waals surface area contributed by atoms with Gasteiger partial charge < -0.3 is 15.4 Å². The van der Waals surface area contributed by atoms with E-state index in [1.807, 2.05) is 73.7 Å². The first-order valence-electron chi connectivity index (χ1n) is 11.8. The number of amides is 2. The normalized spacial score (nSPS) is 13.5. The van der Waals surface area contributed by atoms with Crippen LogP contribution in [0.4, 0.5) is 16.2 Å². The molecule has 7 heteroatoms. The molecule has 0 atom stereocenters. The van der Waals surface area contributed by atoms with E-state index < -0.39 is 0 Å². The molecule has 0 spiro atoms. The van der Waals surface area contributed by atoms with Crippen molar-refractivity contribution in [2.45, 2.75) is 38.5 Å². The molecule has 35 heavy (non-hydrogen) atoms. The Morgan fingerprint density at radius 2 is 1.69 bits per heavy atom. The van der Waals surface area contributed by atoms with Gasteiger partial charge in [-0.3, -0.25) is 0 Å². The molecule has 2 N–H and O–H groups in total. The molecule has 0 unspecified atom stereocenters. The lowest BCUT2D eigenvalue weighted by molar-refractivity contribution is 0.262. The van der Waals surface area contributed by atoms with Crippen LogP contribution in [0, 0.1) is 10.5 Å². The molecule has 2 amide bonds. The number of hydrogen-bond donors (Lipinski definition) is 2. The number of halogens is 1. The first-order valence-corrected chi connectivity index (χ1v) is 12.9. The van der Waals surface area contributed by atoms with Crippen molar-refractivity contribution in [2.75, 3.05) is 10.6 Å². The number of aryl methyl sites for hydroxylation is 1. The summed E-state index contributed by atoms with van der Waals surface area (Å²) in [4.78, 5) is 12.8. The van der Waals surface area contributed by atoms with Crippen molar-refractivity contribution in [3.8, 4) is 17.3 Å². The third-order valence-electron chi connectivity index (χ3n) is 6.22. The van der Waals surface area contributed by atoms with Crippen molar-refractivity contribution < 1.29 is 9.53 Å². The number of urea groups is 1. The number of anilines is 2. The quantitative estimate of drug-likeness (QED) is 0.229. The molecule has 0 radical (unpaired) electrons. The Morgan fingerprint density at radius 3 is 2.46 bits per heavy atom. The predicted octanol–water partition coefficient (Wildman–Crippen LogP) is 7.88. The van der Waals surface area contributed by atoms with E-state index in [1.54, 1.807) is 4.68 Å². The zero-order valence-electron chi connectivity index (χ0n) is 19.5. The summed E-state index contributed by atoms with van der Waals surface area (Å²) in [6, 6.07) is 25.1. The van der Waals surface area contributed by atoms with E-state index in [-0.39, 0.29) is 6.03 Å². The number of benzene rings is 3. The molecule has 0 bridgehead atoms. The second-order valence-corrected chi connectivity index (χ2v) is 9.93. The molecular weight excluding hydrogens is 551 g/mol. The molecule has 1 heterocycles. The van der Waals surface area contributed by atoms with Crippen molar-refractivity contribution >= 4 is 40.0 Å². The van der Waals surface area contributed by atoms with Crippen LogP contribution in [0.3, 0.4) is 0 Å². The fraction of sp³-hybridized carbons (Fsp3) is 0.214. The van der Waals surface area contributed by atoms with Crippen LogP contribution in [0.2, 0.25) is 0 Å². The lowest BCUT2D eigenvalue weighted by atomic mass is 9.98. The molecule has 5 rings (SSSR count). The molecule has 4 aromatic rings. The highest BCUT2D eigenvalue weighted by atomic mass is 127. The zero-order chi connectivity index (χ0) is 24.2. The fourth-order valence-corrected chi connectivity index (χ4v) is 5.11. The van der Waals surface area contributed by atoms with Gasteiger partial charge in [0.1, 0.15) is 0 Å². The average Bonchev–Trinajstić information content (AvgIpc) is 3.51. The highest BCUT2D eigenvalue weighted by Gasteiger charge is 2.17. The van der Waals surface area contributed by atoms with Gasteiger partial charge in [-0.15, -0.1) is 0 Å². The summed E-state index contributed by atoms with van der Waals surface area (Å²) in [6.07, 6.45) is 5.12. The second kappa shape index (κ2) is 10.5. The molecule has 1 aromatic heterocycles. The summed E-state index contributed by atoms with van der Waals surface area (Å²) < 4.78 is 9.09. The summed E-state index contributed by atoms with van der Waals surface area (Å²) in [5.74, 6) is 1.76. The van der Waals surface area contributed by atoms with Crippen LogP contribution >= 0.6 is 22.6 Å². The van der Waals surface area contributed by atoms with Crippen LogP contribution in [0.1, 0.15) is 42.9 Å². The molecule has 0 aliphatic heterocycles. The highest BCUT2D eigenvalue weighted by Crippen LogP contribution is 2.35. The Labute approximate surface area is 218 Å². The predicted molar refractivity (Wildman–Crippen MR) is 148 cm³/mol. The second-order valence-electron chi connectivity index (χ2n) is 8.77. The van der Waals surface area contributed by atoms with Crippen LogP contribution in [0.5, 0.6) is 11.6 Å². The van der Waals surface area contributed by atoms with E-state index in [0.29, 0.717) is 23.2 Å². The highest BCUT2D eigenvalue weighted by molar-refractivity contribution is 14.1. The molecule has 6 nitrogen and oxygen atoms in total. The zero-order valence-corrected chi connectivity index (χ0v) is 21.7. The molecular formula is C28H27IN4O2. The van der Waals surface area contributed by atoms with Crippen LogP contribution in [0.15, 0.2) is 78.9 Å². The van der Waals surface area contributed by atoms with Gasteiger partial charge in [0.25, 0.3) is 0 Å². The van der Waals surface area contributed by atoms with Gasteiger partial charge in [-0.25, -0.2) is 4.79 Å². The number of para-hydroxylation sites is 3. The maximum absolute atomic E-state index is 12.8. The molecule has 0 saturated heterocycles. The maximum atomic E-state index is 12.8. The van der Waals surface area contributed by atoms with Crippen molar-refractivity contribution in [3.63, 3.8) is 0 Å². The molecule has 178 valence electrons. The van der Waals surface area contributed by atoms with Gasteiger partial charge in [-0.1, -0.05) is 49.2 Å². The van der Waals surface area contributed by atoms with Crippen molar-refractivity contribution in [3.05, 3.63) is 93.7 Å². The van der Waals surface area contributed by atoms with E-state index in [1.165, 1.54) is 31.2 Å². The number of aromatic nitrogens is 2. The summed E-state index contributed by atoms with van der Waals surface area (Å²) in [6.45, 7) is 1.93. The minimum atomic E-state index is -0.322. The van der Waals surface area contributed by atoms with E-state index >= 15 is 0 Å². The van der Waals surface area contributed by atoms with Crippen LogP contribution in [-0.4, -0.2) is 15.8 Å². The lowest BCUT2D eigenvalue weighted by Gasteiger charge is -2.15. The molecule has 3 aromatic carbocycles. The van der Waals surface area contributed by atoms with Crippen LogP contribution < -0.4 is 15.4 Å². The van der Waals surface area contributed by atoms with Crippen LogP contribution in [0.25, 0.3) is 5.69 Å². The number of nitrogens with one attached hydrogen (secondary N) is 2. The Hall–Kier alpha value is -3.33. The largest absolute Gasteiger partial charge is 0.437 e. The number of ether oxygens (including phenoxy) is 1. The minimum absolute atomic E-state index is 0.322.